The number of nitrogens with zero attached hydrogens (tertiary/aromatic N) is 3. The lowest BCUT2D eigenvalue weighted by Gasteiger charge is -2.32. The van der Waals surface area contributed by atoms with Crippen LogP contribution in [0, 0.1) is 0 Å². The second-order valence-electron chi connectivity index (χ2n) is 9.03. The Balaban J connectivity index is 1.20. The molecular formula is C28H29N3O3. The van der Waals surface area contributed by atoms with Crippen LogP contribution in [0.25, 0.3) is 11.1 Å². The number of cyclic esters (lactones) is 1. The fourth-order valence-corrected chi connectivity index (χ4v) is 4.50. The number of carbonyl (C=O) groups is 2. The molecule has 5 rings (SSSR count). The quantitative estimate of drug-likeness (QED) is 0.571. The van der Waals surface area contributed by atoms with Crippen LogP contribution in [0.1, 0.15) is 27.6 Å². The Morgan fingerprint density at radius 2 is 1.47 bits per heavy atom. The Kier molecular flexibility index (Phi) is 6.32. The molecule has 34 heavy (non-hydrogen) atoms. The van der Waals surface area contributed by atoms with Crippen molar-refractivity contribution in [2.75, 3.05) is 39.8 Å². The van der Waals surface area contributed by atoms with Crippen molar-refractivity contribution < 1.29 is 14.3 Å². The molecule has 0 aliphatic carbocycles. The molecule has 2 amide bonds. The average molecular weight is 456 g/mol. The van der Waals surface area contributed by atoms with E-state index in [9.17, 15) is 9.59 Å². The molecule has 0 radical (unpaired) electrons. The predicted octanol–water partition coefficient (Wildman–Crippen LogP) is 4.43. The van der Waals surface area contributed by atoms with Gasteiger partial charge in [0.05, 0.1) is 6.54 Å². The van der Waals surface area contributed by atoms with Crippen LogP contribution in [0.3, 0.4) is 0 Å². The molecule has 6 heteroatoms. The summed E-state index contributed by atoms with van der Waals surface area (Å²) in [7, 11) is 2.08. The predicted molar refractivity (Wildman–Crippen MR) is 131 cm³/mol. The number of amides is 2. The maximum atomic E-state index is 12.8. The molecule has 0 spiro atoms. The molecule has 3 aromatic carbocycles. The largest absolute Gasteiger partial charge is 0.439 e. The van der Waals surface area contributed by atoms with Crippen LogP contribution in [-0.4, -0.2) is 66.5 Å². The van der Waals surface area contributed by atoms with Gasteiger partial charge in [-0.2, -0.15) is 0 Å². The van der Waals surface area contributed by atoms with Crippen molar-refractivity contribution in [3.8, 4) is 11.1 Å². The number of hydrogen-bond donors (Lipinski definition) is 0. The van der Waals surface area contributed by atoms with Gasteiger partial charge in [-0.05, 0) is 41.4 Å². The summed E-state index contributed by atoms with van der Waals surface area (Å²) in [5.74, 6) is 0.0984. The van der Waals surface area contributed by atoms with Crippen molar-refractivity contribution in [2.45, 2.75) is 12.6 Å². The van der Waals surface area contributed by atoms with E-state index in [1.54, 1.807) is 4.90 Å². The fourth-order valence-electron chi connectivity index (χ4n) is 4.50. The monoisotopic (exact) mass is 455 g/mol. The molecule has 0 N–H and O–H groups in total. The van der Waals surface area contributed by atoms with Gasteiger partial charge in [0.1, 0.15) is 6.10 Å². The van der Waals surface area contributed by atoms with Crippen LogP contribution >= 0.6 is 0 Å². The van der Waals surface area contributed by atoms with E-state index in [2.05, 4.69) is 24.1 Å². The highest BCUT2D eigenvalue weighted by molar-refractivity contribution is 5.94. The molecule has 2 fully saturated rings. The third kappa shape index (κ3) is 4.82. The number of rotatable bonds is 5. The van der Waals surface area contributed by atoms with Crippen LogP contribution in [0.4, 0.5) is 4.79 Å². The molecule has 0 aromatic heterocycles. The first-order valence-corrected chi connectivity index (χ1v) is 11.7. The maximum Gasteiger partial charge on any atom is 0.410 e. The maximum absolute atomic E-state index is 12.8. The molecule has 0 bridgehead atoms. The third-order valence-electron chi connectivity index (χ3n) is 6.64. The Labute approximate surface area is 200 Å². The van der Waals surface area contributed by atoms with Crippen molar-refractivity contribution in [2.24, 2.45) is 0 Å². The zero-order valence-corrected chi connectivity index (χ0v) is 19.4. The highest BCUT2D eigenvalue weighted by Gasteiger charge is 2.32. The summed E-state index contributed by atoms with van der Waals surface area (Å²) < 4.78 is 5.56. The summed E-state index contributed by atoms with van der Waals surface area (Å²) in [6, 6.07) is 25.9. The third-order valence-corrected chi connectivity index (χ3v) is 6.64. The van der Waals surface area contributed by atoms with Crippen molar-refractivity contribution in [3.05, 3.63) is 95.6 Å². The van der Waals surface area contributed by atoms with Gasteiger partial charge in [-0.3, -0.25) is 9.69 Å². The zero-order valence-electron chi connectivity index (χ0n) is 19.4. The highest BCUT2D eigenvalue weighted by Crippen LogP contribution is 2.28. The first kappa shape index (κ1) is 22.2. The molecule has 6 nitrogen and oxygen atoms in total. The molecular weight excluding hydrogens is 426 g/mol. The van der Waals surface area contributed by atoms with Gasteiger partial charge in [0, 0.05) is 38.3 Å². The molecule has 0 saturated carbocycles. The van der Waals surface area contributed by atoms with E-state index in [0.29, 0.717) is 13.1 Å². The minimum atomic E-state index is -0.279. The Bertz CT molecular complexity index is 1140. The standard InChI is InChI=1S/C28H29N3O3/c1-29-15-17-30(18-16-29)27(32)25-13-11-23(12-14-25)22-9-7-21(8-10-22)19-31-20-26(34-28(31)33)24-5-3-2-4-6-24/h2-14,26H,15-20H2,1H3. The molecule has 2 aliphatic rings. The summed E-state index contributed by atoms with van der Waals surface area (Å²) in [4.78, 5) is 31.0. The number of benzene rings is 3. The van der Waals surface area contributed by atoms with E-state index in [-0.39, 0.29) is 18.1 Å². The van der Waals surface area contributed by atoms with E-state index in [4.69, 9.17) is 4.74 Å². The van der Waals surface area contributed by atoms with Crippen molar-refractivity contribution in [1.29, 1.82) is 0 Å². The smallest absolute Gasteiger partial charge is 0.410 e. The minimum absolute atomic E-state index is 0.0984. The summed E-state index contributed by atoms with van der Waals surface area (Å²) >= 11 is 0. The summed E-state index contributed by atoms with van der Waals surface area (Å²) in [5.41, 5.74) is 4.93. The van der Waals surface area contributed by atoms with Crippen LogP contribution in [-0.2, 0) is 11.3 Å². The number of likely N-dealkylation sites (N-methyl/N-ethyl adjacent to an activating group) is 1. The lowest BCUT2D eigenvalue weighted by atomic mass is 10.0. The van der Waals surface area contributed by atoms with Gasteiger partial charge in [-0.25, -0.2) is 4.79 Å². The van der Waals surface area contributed by atoms with Crippen molar-refractivity contribution in [1.82, 2.24) is 14.7 Å². The molecule has 174 valence electrons. The van der Waals surface area contributed by atoms with Crippen LogP contribution < -0.4 is 0 Å². The highest BCUT2D eigenvalue weighted by atomic mass is 16.6. The lowest BCUT2D eigenvalue weighted by molar-refractivity contribution is 0.0664. The van der Waals surface area contributed by atoms with E-state index < -0.39 is 0 Å². The summed E-state index contributed by atoms with van der Waals surface area (Å²) in [6.45, 7) is 4.44. The molecule has 1 atom stereocenters. The van der Waals surface area contributed by atoms with Crippen LogP contribution in [0.15, 0.2) is 78.9 Å². The minimum Gasteiger partial charge on any atom is -0.439 e. The second-order valence-corrected chi connectivity index (χ2v) is 9.03. The fraction of sp³-hybridized carbons (Fsp3) is 0.286. The number of ether oxygens (including phenoxy) is 1. The van der Waals surface area contributed by atoms with E-state index in [1.807, 2.05) is 71.6 Å². The van der Waals surface area contributed by atoms with Crippen LogP contribution in [0.5, 0.6) is 0 Å². The summed E-state index contributed by atoms with van der Waals surface area (Å²) in [5, 5.41) is 0. The Hall–Kier alpha value is -3.64. The van der Waals surface area contributed by atoms with Gasteiger partial charge >= 0.3 is 6.09 Å². The SMILES string of the molecule is CN1CCN(C(=O)c2ccc(-c3ccc(CN4CC(c5ccccc5)OC4=O)cc3)cc2)CC1. The van der Waals surface area contributed by atoms with Gasteiger partial charge in [-0.1, -0.05) is 66.7 Å². The lowest BCUT2D eigenvalue weighted by Crippen LogP contribution is -2.47. The van der Waals surface area contributed by atoms with E-state index in [0.717, 1.165) is 54.0 Å². The molecule has 2 heterocycles. The number of carbonyl (C=O) groups excluding carboxylic acids is 2. The second kappa shape index (κ2) is 9.69. The van der Waals surface area contributed by atoms with Gasteiger partial charge in [0.2, 0.25) is 0 Å². The van der Waals surface area contributed by atoms with E-state index >= 15 is 0 Å². The molecule has 3 aromatic rings. The normalized spacial score (nSPS) is 18.7. The Morgan fingerprint density at radius 1 is 0.853 bits per heavy atom. The van der Waals surface area contributed by atoms with Crippen molar-refractivity contribution in [3.63, 3.8) is 0 Å². The van der Waals surface area contributed by atoms with Gasteiger partial charge in [0.25, 0.3) is 5.91 Å². The molecule has 2 saturated heterocycles. The van der Waals surface area contributed by atoms with Gasteiger partial charge < -0.3 is 14.5 Å². The Morgan fingerprint density at radius 3 is 2.12 bits per heavy atom. The average Bonchev–Trinajstić information content (AvgIpc) is 3.25. The molecule has 1 unspecified atom stereocenters. The van der Waals surface area contributed by atoms with Gasteiger partial charge in [0.15, 0.2) is 0 Å². The number of piperazine rings is 1. The first-order valence-electron chi connectivity index (χ1n) is 11.7. The number of hydrogen-bond acceptors (Lipinski definition) is 4. The van der Waals surface area contributed by atoms with E-state index in [1.165, 1.54) is 0 Å². The van der Waals surface area contributed by atoms with Gasteiger partial charge in [-0.15, -0.1) is 0 Å². The molecule has 2 aliphatic heterocycles. The topological polar surface area (TPSA) is 53.1 Å². The first-order chi connectivity index (χ1) is 16.6. The zero-order chi connectivity index (χ0) is 23.5. The van der Waals surface area contributed by atoms with Crippen LogP contribution in [0.2, 0.25) is 0 Å². The van der Waals surface area contributed by atoms with Crippen molar-refractivity contribution >= 4 is 12.0 Å². The summed E-state index contributed by atoms with van der Waals surface area (Å²) in [6.07, 6.45) is -0.501.